The second-order valence-electron chi connectivity index (χ2n) is 5.58. The maximum Gasteiger partial charge on any atom is 0.0361 e. The van der Waals surface area contributed by atoms with E-state index in [1.165, 1.54) is 22.4 Å². The van der Waals surface area contributed by atoms with Crippen LogP contribution in [0.5, 0.6) is 0 Å². The SMILES string of the molecule is C=C(C=Cc1ccc(N(C)C)cc1)/C=C\c1ccccc1C. The minimum atomic E-state index is 0.986. The van der Waals surface area contributed by atoms with Gasteiger partial charge in [0.15, 0.2) is 0 Å². The molecule has 2 aromatic rings. The molecule has 0 amide bonds. The number of rotatable bonds is 5. The molecule has 2 aromatic carbocycles. The van der Waals surface area contributed by atoms with Crippen LogP contribution in [0, 0.1) is 6.92 Å². The topological polar surface area (TPSA) is 3.24 Å². The van der Waals surface area contributed by atoms with Gasteiger partial charge in [-0.25, -0.2) is 0 Å². The van der Waals surface area contributed by atoms with Crippen molar-refractivity contribution in [2.45, 2.75) is 6.92 Å². The fraction of sp³-hybridized carbons (Fsp3) is 0.143. The number of nitrogens with zero attached hydrogens (tertiary/aromatic N) is 1. The molecule has 0 unspecified atom stereocenters. The Morgan fingerprint density at radius 1 is 0.909 bits per heavy atom. The van der Waals surface area contributed by atoms with Gasteiger partial charge in [-0.05, 0) is 41.3 Å². The molecule has 0 bridgehead atoms. The van der Waals surface area contributed by atoms with Crippen molar-refractivity contribution in [3.05, 3.63) is 89.5 Å². The number of anilines is 1. The molecule has 0 radical (unpaired) electrons. The lowest BCUT2D eigenvalue weighted by atomic mass is 10.1. The molecular weight excluding hydrogens is 266 g/mol. The van der Waals surface area contributed by atoms with Crippen LogP contribution in [0.25, 0.3) is 12.2 Å². The molecular formula is C21H23N. The molecule has 1 nitrogen and oxygen atoms in total. The predicted octanol–water partition coefficient (Wildman–Crippen LogP) is 5.34. The largest absolute Gasteiger partial charge is 0.378 e. The predicted molar refractivity (Wildman–Crippen MR) is 99.2 cm³/mol. The van der Waals surface area contributed by atoms with Gasteiger partial charge in [0.05, 0.1) is 0 Å². The Morgan fingerprint density at radius 3 is 2.18 bits per heavy atom. The van der Waals surface area contributed by atoms with Gasteiger partial charge in [0.1, 0.15) is 0 Å². The quantitative estimate of drug-likeness (QED) is 0.671. The number of benzene rings is 2. The lowest BCUT2D eigenvalue weighted by Gasteiger charge is -2.11. The minimum absolute atomic E-state index is 0.986. The summed E-state index contributed by atoms with van der Waals surface area (Å²) in [7, 11) is 4.09. The zero-order chi connectivity index (χ0) is 15.9. The van der Waals surface area contributed by atoms with Crippen LogP contribution in [0.1, 0.15) is 16.7 Å². The first kappa shape index (κ1) is 15.8. The number of hydrogen-bond donors (Lipinski definition) is 0. The molecule has 0 aliphatic carbocycles. The lowest BCUT2D eigenvalue weighted by molar-refractivity contribution is 1.13. The molecule has 0 saturated heterocycles. The average molecular weight is 289 g/mol. The molecule has 0 spiro atoms. The Hall–Kier alpha value is -2.54. The van der Waals surface area contributed by atoms with Crippen molar-refractivity contribution in [3.8, 4) is 0 Å². The van der Waals surface area contributed by atoms with Crippen LogP contribution in [0.4, 0.5) is 5.69 Å². The van der Waals surface area contributed by atoms with Crippen LogP contribution in [-0.2, 0) is 0 Å². The Morgan fingerprint density at radius 2 is 1.55 bits per heavy atom. The maximum atomic E-state index is 4.08. The Kier molecular flexibility index (Phi) is 5.37. The van der Waals surface area contributed by atoms with Crippen molar-refractivity contribution in [2.24, 2.45) is 0 Å². The second kappa shape index (κ2) is 7.46. The first-order valence-corrected chi connectivity index (χ1v) is 7.44. The van der Waals surface area contributed by atoms with Gasteiger partial charge in [0, 0.05) is 19.8 Å². The number of hydrogen-bond acceptors (Lipinski definition) is 1. The molecule has 0 aromatic heterocycles. The van der Waals surface area contributed by atoms with Crippen LogP contribution in [-0.4, -0.2) is 14.1 Å². The third kappa shape index (κ3) is 4.49. The van der Waals surface area contributed by atoms with Crippen molar-refractivity contribution in [1.82, 2.24) is 0 Å². The van der Waals surface area contributed by atoms with Gasteiger partial charge in [0.25, 0.3) is 0 Å². The van der Waals surface area contributed by atoms with Crippen molar-refractivity contribution >= 4 is 17.8 Å². The van der Waals surface area contributed by atoms with Crippen molar-refractivity contribution in [1.29, 1.82) is 0 Å². The smallest absolute Gasteiger partial charge is 0.0361 e. The van der Waals surface area contributed by atoms with Gasteiger partial charge in [-0.2, -0.15) is 0 Å². The van der Waals surface area contributed by atoms with E-state index in [1.807, 2.05) is 26.2 Å². The van der Waals surface area contributed by atoms with Gasteiger partial charge in [-0.1, -0.05) is 67.3 Å². The van der Waals surface area contributed by atoms with Crippen LogP contribution in [0.2, 0.25) is 0 Å². The van der Waals surface area contributed by atoms with Gasteiger partial charge in [-0.15, -0.1) is 0 Å². The van der Waals surface area contributed by atoms with E-state index < -0.39 is 0 Å². The molecule has 2 rings (SSSR count). The van der Waals surface area contributed by atoms with Crippen LogP contribution in [0.15, 0.2) is 72.8 Å². The zero-order valence-corrected chi connectivity index (χ0v) is 13.6. The van der Waals surface area contributed by atoms with E-state index in [4.69, 9.17) is 0 Å². The molecule has 1 heteroatoms. The summed E-state index contributed by atoms with van der Waals surface area (Å²) in [6, 6.07) is 16.8. The summed E-state index contributed by atoms with van der Waals surface area (Å²) >= 11 is 0. The molecule has 112 valence electrons. The fourth-order valence-corrected chi connectivity index (χ4v) is 2.11. The van der Waals surface area contributed by atoms with Crippen molar-refractivity contribution < 1.29 is 0 Å². The van der Waals surface area contributed by atoms with E-state index in [1.54, 1.807) is 0 Å². The molecule has 0 heterocycles. The Bertz CT molecular complexity index is 688. The van der Waals surface area contributed by atoms with Gasteiger partial charge < -0.3 is 4.90 Å². The van der Waals surface area contributed by atoms with Crippen LogP contribution in [0.3, 0.4) is 0 Å². The molecule has 0 N–H and O–H groups in total. The van der Waals surface area contributed by atoms with E-state index in [0.717, 1.165) is 5.57 Å². The van der Waals surface area contributed by atoms with E-state index in [9.17, 15) is 0 Å². The van der Waals surface area contributed by atoms with Gasteiger partial charge in [-0.3, -0.25) is 0 Å². The molecule has 0 aliphatic rings. The standard InChI is InChI=1S/C21H23N/c1-17(10-14-20-8-6-5-7-18(20)2)9-11-19-12-15-21(16-13-19)22(3)4/h5-16H,1H2,2-4H3/b11-9?,14-10-. The van der Waals surface area contributed by atoms with E-state index in [-0.39, 0.29) is 0 Å². The molecule has 22 heavy (non-hydrogen) atoms. The summed E-state index contributed by atoms with van der Waals surface area (Å²) < 4.78 is 0. The van der Waals surface area contributed by atoms with Gasteiger partial charge >= 0.3 is 0 Å². The monoisotopic (exact) mass is 289 g/mol. The first-order chi connectivity index (χ1) is 10.6. The Labute approximate surface area is 133 Å². The van der Waals surface area contributed by atoms with Crippen molar-refractivity contribution in [2.75, 3.05) is 19.0 Å². The van der Waals surface area contributed by atoms with E-state index in [2.05, 4.69) is 79.1 Å². The highest BCUT2D eigenvalue weighted by molar-refractivity contribution is 5.62. The molecule has 0 atom stereocenters. The van der Waals surface area contributed by atoms with Crippen LogP contribution < -0.4 is 4.90 Å². The molecule has 0 fully saturated rings. The highest BCUT2D eigenvalue weighted by atomic mass is 15.1. The molecule has 0 aliphatic heterocycles. The first-order valence-electron chi connectivity index (χ1n) is 7.44. The van der Waals surface area contributed by atoms with E-state index in [0.29, 0.717) is 0 Å². The normalized spacial score (nSPS) is 11.2. The fourth-order valence-electron chi connectivity index (χ4n) is 2.11. The minimum Gasteiger partial charge on any atom is -0.378 e. The third-order valence-electron chi connectivity index (χ3n) is 3.56. The second-order valence-corrected chi connectivity index (χ2v) is 5.58. The number of aryl methyl sites for hydroxylation is 1. The highest BCUT2D eigenvalue weighted by Crippen LogP contribution is 2.15. The zero-order valence-electron chi connectivity index (χ0n) is 13.6. The summed E-state index contributed by atoms with van der Waals surface area (Å²) in [5.74, 6) is 0. The Balaban J connectivity index is 2.01. The maximum absolute atomic E-state index is 4.08. The molecule has 0 saturated carbocycles. The summed E-state index contributed by atoms with van der Waals surface area (Å²) in [6.45, 7) is 6.19. The van der Waals surface area contributed by atoms with E-state index >= 15 is 0 Å². The average Bonchev–Trinajstić information content (AvgIpc) is 2.52. The van der Waals surface area contributed by atoms with Gasteiger partial charge in [0.2, 0.25) is 0 Å². The van der Waals surface area contributed by atoms with Crippen molar-refractivity contribution in [3.63, 3.8) is 0 Å². The summed E-state index contributed by atoms with van der Waals surface area (Å²) in [6.07, 6.45) is 8.29. The number of allylic oxidation sites excluding steroid dienone is 3. The highest BCUT2D eigenvalue weighted by Gasteiger charge is 1.94. The lowest BCUT2D eigenvalue weighted by Crippen LogP contribution is -2.07. The summed E-state index contributed by atoms with van der Waals surface area (Å²) in [5, 5.41) is 0. The van der Waals surface area contributed by atoms with Crippen LogP contribution >= 0.6 is 0 Å². The summed E-state index contributed by atoms with van der Waals surface area (Å²) in [4.78, 5) is 2.09. The summed E-state index contributed by atoms with van der Waals surface area (Å²) in [5.41, 5.74) is 5.87. The third-order valence-corrected chi connectivity index (χ3v) is 3.56.